The van der Waals surface area contributed by atoms with Crippen molar-refractivity contribution in [3.8, 4) is 11.3 Å². The number of carbonyl (C=O) groups excluding carboxylic acids is 1. The van der Waals surface area contributed by atoms with Crippen LogP contribution in [0.4, 0.5) is 5.69 Å². The molecule has 3 atom stereocenters. The minimum atomic E-state index is -1.02. The fraction of sp³-hybridized carbons (Fsp3) is 0.370. The van der Waals surface area contributed by atoms with E-state index < -0.39 is 11.9 Å². The molecule has 0 amide bonds. The number of carbonyl (C=O) groups is 2. The van der Waals surface area contributed by atoms with E-state index in [2.05, 4.69) is 10.1 Å². The summed E-state index contributed by atoms with van der Waals surface area (Å²) >= 11 is 19.3. The molecule has 3 heterocycles. The first-order valence-corrected chi connectivity index (χ1v) is 13.4. The van der Waals surface area contributed by atoms with Crippen LogP contribution in [0.3, 0.4) is 0 Å². The van der Waals surface area contributed by atoms with Gasteiger partial charge < -0.3 is 19.3 Å². The number of nitrogens with zero attached hydrogens (tertiary/aromatic N) is 2. The molecule has 6 rings (SSSR count). The van der Waals surface area contributed by atoms with Crippen LogP contribution >= 0.6 is 34.8 Å². The van der Waals surface area contributed by atoms with E-state index in [4.69, 9.17) is 44.1 Å². The van der Waals surface area contributed by atoms with Gasteiger partial charge in [-0.2, -0.15) is 0 Å². The lowest BCUT2D eigenvalue weighted by atomic mass is 9.98. The molecule has 1 aromatic heterocycles. The Bertz CT molecular complexity index is 1370. The highest BCUT2D eigenvalue weighted by Crippen LogP contribution is 2.47. The van der Waals surface area contributed by atoms with Crippen molar-refractivity contribution in [3.05, 3.63) is 68.4 Å². The molecular weight excluding hydrogens is 539 g/mol. The number of hydrogen-bond donors (Lipinski definition) is 1. The molecule has 37 heavy (non-hydrogen) atoms. The van der Waals surface area contributed by atoms with E-state index in [9.17, 15) is 14.7 Å². The Morgan fingerprint density at radius 2 is 1.65 bits per heavy atom. The average molecular weight is 562 g/mol. The van der Waals surface area contributed by atoms with Crippen LogP contribution in [0.15, 0.2) is 40.9 Å². The third-order valence-electron chi connectivity index (χ3n) is 7.51. The van der Waals surface area contributed by atoms with Crippen LogP contribution in [0.25, 0.3) is 11.3 Å². The molecular formula is C27H23Cl3N2O5. The number of hydrogen-bond acceptors (Lipinski definition) is 6. The van der Waals surface area contributed by atoms with Crippen molar-refractivity contribution >= 4 is 52.4 Å². The summed E-state index contributed by atoms with van der Waals surface area (Å²) in [5, 5.41) is 14.6. The quantitative estimate of drug-likeness (QED) is 0.317. The van der Waals surface area contributed by atoms with Gasteiger partial charge in [-0.15, -0.1) is 0 Å². The van der Waals surface area contributed by atoms with Gasteiger partial charge in [0.1, 0.15) is 17.4 Å². The number of anilines is 1. The SMILES string of the molecule is O=C(O)c1ccc(N2[C@@H]3CC[C@H]2C[C@@H](OC(=O)c2c(-c4c(Cl)cccc4Cl)noc2C2CC2)C3)c(Cl)c1. The summed E-state index contributed by atoms with van der Waals surface area (Å²) in [6.07, 6.45) is 4.74. The minimum absolute atomic E-state index is 0.132. The highest BCUT2D eigenvalue weighted by Gasteiger charge is 2.44. The van der Waals surface area contributed by atoms with Crippen LogP contribution in [-0.4, -0.2) is 40.4 Å². The number of ether oxygens (including phenoxy) is 1. The predicted molar refractivity (Wildman–Crippen MR) is 140 cm³/mol. The van der Waals surface area contributed by atoms with Gasteiger partial charge in [-0.25, -0.2) is 9.59 Å². The number of esters is 1. The van der Waals surface area contributed by atoms with Crippen molar-refractivity contribution in [1.82, 2.24) is 5.16 Å². The van der Waals surface area contributed by atoms with Crippen molar-refractivity contribution in [1.29, 1.82) is 0 Å². The molecule has 0 radical (unpaired) electrons. The molecule has 10 heteroatoms. The first-order valence-electron chi connectivity index (χ1n) is 12.3. The minimum Gasteiger partial charge on any atom is -0.478 e. The van der Waals surface area contributed by atoms with E-state index in [1.54, 1.807) is 30.3 Å². The summed E-state index contributed by atoms with van der Waals surface area (Å²) in [5.41, 5.74) is 2.05. The Kier molecular flexibility index (Phi) is 6.33. The van der Waals surface area contributed by atoms with Crippen LogP contribution in [0, 0.1) is 0 Å². The molecule has 1 aliphatic carbocycles. The topological polar surface area (TPSA) is 92.9 Å². The van der Waals surface area contributed by atoms with Crippen LogP contribution in [-0.2, 0) is 4.74 Å². The Labute approximate surface area is 228 Å². The summed E-state index contributed by atoms with van der Waals surface area (Å²) in [7, 11) is 0. The van der Waals surface area contributed by atoms with Crippen molar-refractivity contribution in [3.63, 3.8) is 0 Å². The molecule has 7 nitrogen and oxygen atoms in total. The fourth-order valence-electron chi connectivity index (χ4n) is 5.70. The van der Waals surface area contributed by atoms with Crippen LogP contribution < -0.4 is 4.90 Å². The van der Waals surface area contributed by atoms with E-state index >= 15 is 0 Å². The Balaban J connectivity index is 1.24. The predicted octanol–water partition coefficient (Wildman–Crippen LogP) is 7.23. The number of halogens is 3. The van der Waals surface area contributed by atoms with Gasteiger partial charge in [-0.05, 0) is 56.0 Å². The maximum Gasteiger partial charge on any atom is 0.344 e. The molecule has 1 saturated carbocycles. The van der Waals surface area contributed by atoms with Crippen molar-refractivity contribution < 1.29 is 24.0 Å². The molecule has 3 fully saturated rings. The number of aromatic nitrogens is 1. The summed E-state index contributed by atoms with van der Waals surface area (Å²) in [5.74, 6) is -0.824. The van der Waals surface area contributed by atoms with Crippen molar-refractivity contribution in [2.75, 3.05) is 4.90 Å². The van der Waals surface area contributed by atoms with Gasteiger partial charge in [0.05, 0.1) is 26.3 Å². The molecule has 0 unspecified atom stereocenters. The monoisotopic (exact) mass is 560 g/mol. The van der Waals surface area contributed by atoms with Crippen molar-refractivity contribution in [2.45, 2.75) is 62.6 Å². The first-order chi connectivity index (χ1) is 17.8. The lowest BCUT2D eigenvalue weighted by Gasteiger charge is -2.40. The van der Waals surface area contributed by atoms with E-state index in [1.165, 1.54) is 6.07 Å². The second kappa shape index (κ2) is 9.53. The van der Waals surface area contributed by atoms with E-state index in [-0.39, 0.29) is 29.7 Å². The third kappa shape index (κ3) is 4.47. The Morgan fingerprint density at radius 1 is 0.973 bits per heavy atom. The largest absolute Gasteiger partial charge is 0.478 e. The number of carboxylic acid groups (broad SMARTS) is 1. The molecule has 3 aliphatic rings. The highest BCUT2D eigenvalue weighted by molar-refractivity contribution is 6.39. The molecule has 0 spiro atoms. The molecule has 2 bridgehead atoms. The molecule has 1 N–H and O–H groups in total. The summed E-state index contributed by atoms with van der Waals surface area (Å²) in [4.78, 5) is 27.1. The Morgan fingerprint density at radius 3 is 2.24 bits per heavy atom. The number of aromatic carboxylic acids is 1. The molecule has 3 aromatic rings. The number of fused-ring (bicyclic) bond motifs is 2. The first kappa shape index (κ1) is 24.6. The van der Waals surface area contributed by atoms with Gasteiger partial charge in [0, 0.05) is 36.4 Å². The van der Waals surface area contributed by atoms with Gasteiger partial charge in [0.2, 0.25) is 0 Å². The lowest BCUT2D eigenvalue weighted by molar-refractivity contribution is 0.0202. The van der Waals surface area contributed by atoms with Crippen LogP contribution in [0.5, 0.6) is 0 Å². The third-order valence-corrected chi connectivity index (χ3v) is 8.44. The Hall–Kier alpha value is -2.74. The van der Waals surface area contributed by atoms with Crippen LogP contribution in [0.1, 0.15) is 70.9 Å². The lowest BCUT2D eigenvalue weighted by Crippen LogP contribution is -2.46. The fourth-order valence-corrected chi connectivity index (χ4v) is 6.55. The van der Waals surface area contributed by atoms with Gasteiger partial charge in [0.25, 0.3) is 0 Å². The van der Waals surface area contributed by atoms with Gasteiger partial charge in [-0.3, -0.25) is 0 Å². The average Bonchev–Trinajstić information content (AvgIpc) is 3.55. The molecule has 2 aliphatic heterocycles. The molecule has 2 aromatic carbocycles. The maximum absolute atomic E-state index is 13.6. The zero-order valence-electron chi connectivity index (χ0n) is 19.6. The zero-order valence-corrected chi connectivity index (χ0v) is 21.9. The van der Waals surface area contributed by atoms with E-state index in [0.29, 0.717) is 50.5 Å². The number of rotatable bonds is 6. The number of carboxylic acids is 1. The van der Waals surface area contributed by atoms with Gasteiger partial charge in [-0.1, -0.05) is 46.0 Å². The molecule has 2 saturated heterocycles. The highest BCUT2D eigenvalue weighted by atomic mass is 35.5. The second-order valence-corrected chi connectivity index (χ2v) is 11.1. The van der Waals surface area contributed by atoms with E-state index in [0.717, 1.165) is 31.4 Å². The number of benzene rings is 2. The van der Waals surface area contributed by atoms with E-state index in [1.807, 2.05) is 0 Å². The van der Waals surface area contributed by atoms with Gasteiger partial charge >= 0.3 is 11.9 Å². The smallest absolute Gasteiger partial charge is 0.344 e. The second-order valence-electron chi connectivity index (χ2n) is 9.90. The zero-order chi connectivity index (χ0) is 25.8. The molecule has 192 valence electrons. The number of piperidine rings is 1. The summed E-state index contributed by atoms with van der Waals surface area (Å²) in [6, 6.07) is 10.2. The van der Waals surface area contributed by atoms with Crippen molar-refractivity contribution in [2.24, 2.45) is 0 Å². The normalized spacial score (nSPS) is 22.8. The van der Waals surface area contributed by atoms with Crippen LogP contribution in [0.2, 0.25) is 15.1 Å². The summed E-state index contributed by atoms with van der Waals surface area (Å²) in [6.45, 7) is 0. The summed E-state index contributed by atoms with van der Waals surface area (Å²) < 4.78 is 11.7. The maximum atomic E-state index is 13.6. The van der Waals surface area contributed by atoms with Gasteiger partial charge in [0.15, 0.2) is 5.76 Å². The standard InChI is InChI=1S/C27H23Cl3N2O5/c28-18-2-1-3-19(29)22(18)24-23(25(37-31-24)13-4-5-13)27(35)36-17-11-15-7-8-16(12-17)32(15)21-9-6-14(26(33)34)10-20(21)30/h1-3,6,9-10,13,15-17H,4-5,7-8,11-12H2,(H,33,34)/t15-,16+,17+.